The van der Waals surface area contributed by atoms with Gasteiger partial charge in [0.25, 0.3) is 0 Å². The third-order valence-corrected chi connectivity index (χ3v) is 2.54. The van der Waals surface area contributed by atoms with Crippen molar-refractivity contribution in [3.63, 3.8) is 0 Å². The highest BCUT2D eigenvalue weighted by atomic mass is 35.5. The number of nitrogens with two attached hydrogens (primary N) is 1. The molecule has 0 fully saturated rings. The van der Waals surface area contributed by atoms with Gasteiger partial charge in [0.15, 0.2) is 0 Å². The molecule has 0 saturated carbocycles. The topological polar surface area (TPSA) is 38.0 Å². The lowest BCUT2D eigenvalue weighted by Gasteiger charge is -2.19. The molecule has 3 N–H and O–H groups in total. The summed E-state index contributed by atoms with van der Waals surface area (Å²) in [4.78, 5) is 0. The van der Waals surface area contributed by atoms with Gasteiger partial charge in [-0.2, -0.15) is 0 Å². The Morgan fingerprint density at radius 2 is 2.29 bits per heavy atom. The van der Waals surface area contributed by atoms with Crippen molar-refractivity contribution >= 4 is 17.2 Å². The van der Waals surface area contributed by atoms with E-state index in [1.807, 2.05) is 18.2 Å². The van der Waals surface area contributed by atoms with Crippen LogP contribution in [-0.4, -0.2) is 19.1 Å². The van der Waals surface area contributed by atoms with Crippen LogP contribution in [0.2, 0.25) is 5.02 Å². The molecule has 2 rings (SSSR count). The first kappa shape index (κ1) is 9.71. The molecule has 2 nitrogen and oxygen atoms in total. The lowest BCUT2D eigenvalue weighted by atomic mass is 10.0. The molecule has 1 aromatic carbocycles. The lowest BCUT2D eigenvalue weighted by Crippen LogP contribution is -2.37. The second-order valence-corrected chi connectivity index (χ2v) is 3.93. The third-order valence-electron chi connectivity index (χ3n) is 2.31. The normalized spacial score (nSPS) is 21.9. The van der Waals surface area contributed by atoms with E-state index in [2.05, 4.69) is 17.5 Å². The number of hydrogen-bond acceptors (Lipinski definition) is 2. The van der Waals surface area contributed by atoms with Gasteiger partial charge in [-0.15, -0.1) is 0 Å². The maximum Gasteiger partial charge on any atom is 0.0412 e. The molecule has 1 aromatic rings. The molecule has 0 radical (unpaired) electrons. The molecule has 14 heavy (non-hydrogen) atoms. The Labute approximate surface area is 88.8 Å². The van der Waals surface area contributed by atoms with E-state index >= 15 is 0 Å². The van der Waals surface area contributed by atoms with Crippen LogP contribution in [0.15, 0.2) is 30.3 Å². The average molecular weight is 209 g/mol. The van der Waals surface area contributed by atoms with E-state index in [0.717, 1.165) is 23.7 Å². The summed E-state index contributed by atoms with van der Waals surface area (Å²) in [6.45, 7) is 1.72. The molecule has 3 heteroatoms. The summed E-state index contributed by atoms with van der Waals surface area (Å²) >= 11 is 5.92. The monoisotopic (exact) mass is 208 g/mol. The molecule has 74 valence electrons. The Balaban J connectivity index is 2.30. The second kappa shape index (κ2) is 4.13. The minimum Gasteiger partial charge on any atom is -0.323 e. The number of halogens is 1. The van der Waals surface area contributed by atoms with Gasteiger partial charge in [0.05, 0.1) is 0 Å². The molecular formula is C11H13ClN2. The molecule has 0 aromatic heterocycles. The first-order valence-electron chi connectivity index (χ1n) is 4.68. The van der Waals surface area contributed by atoms with Crippen molar-refractivity contribution < 1.29 is 0 Å². The summed E-state index contributed by atoms with van der Waals surface area (Å²) in [5.74, 6) is 0. The minimum atomic E-state index is 0.109. The lowest BCUT2D eigenvalue weighted by molar-refractivity contribution is 0.663. The Hall–Kier alpha value is -0.830. The average Bonchev–Trinajstić information content (AvgIpc) is 2.18. The standard InChI is InChI=1S/C11H13ClN2/c12-10-3-1-2-8(4-10)9-5-11(13)7-14-6-9/h1-5,11,14H,6-7,13H2. The Morgan fingerprint density at radius 3 is 3.00 bits per heavy atom. The highest BCUT2D eigenvalue weighted by Gasteiger charge is 2.10. The zero-order valence-corrected chi connectivity index (χ0v) is 8.59. The number of nitrogens with one attached hydrogen (secondary N) is 1. The smallest absolute Gasteiger partial charge is 0.0412 e. The van der Waals surface area contributed by atoms with Crippen molar-refractivity contribution in [3.8, 4) is 0 Å². The molecule has 0 spiro atoms. The van der Waals surface area contributed by atoms with Crippen LogP contribution in [0.25, 0.3) is 5.57 Å². The highest BCUT2D eigenvalue weighted by Crippen LogP contribution is 2.19. The van der Waals surface area contributed by atoms with Gasteiger partial charge in [0.1, 0.15) is 0 Å². The molecule has 1 heterocycles. The van der Waals surface area contributed by atoms with E-state index < -0.39 is 0 Å². The summed E-state index contributed by atoms with van der Waals surface area (Å²) in [5, 5.41) is 4.03. The second-order valence-electron chi connectivity index (χ2n) is 3.50. The fourth-order valence-corrected chi connectivity index (χ4v) is 1.83. The Bertz CT molecular complexity index is 360. The van der Waals surface area contributed by atoms with Crippen LogP contribution < -0.4 is 11.1 Å². The Morgan fingerprint density at radius 1 is 1.43 bits per heavy atom. The van der Waals surface area contributed by atoms with Crippen molar-refractivity contribution in [1.29, 1.82) is 0 Å². The van der Waals surface area contributed by atoms with Gasteiger partial charge in [-0.05, 0) is 23.3 Å². The maximum absolute atomic E-state index is 5.92. The SMILES string of the molecule is NC1C=C(c2cccc(Cl)c2)CNC1. The van der Waals surface area contributed by atoms with Crippen LogP contribution >= 0.6 is 11.6 Å². The number of benzene rings is 1. The van der Waals surface area contributed by atoms with E-state index in [0.29, 0.717) is 0 Å². The fraction of sp³-hybridized carbons (Fsp3) is 0.273. The summed E-state index contributed by atoms with van der Waals surface area (Å²) in [5.41, 5.74) is 8.21. The predicted molar refractivity (Wildman–Crippen MR) is 60.3 cm³/mol. The molecule has 1 aliphatic rings. The molecular weight excluding hydrogens is 196 g/mol. The van der Waals surface area contributed by atoms with Crippen LogP contribution in [0.3, 0.4) is 0 Å². The van der Waals surface area contributed by atoms with Crippen molar-refractivity contribution in [1.82, 2.24) is 5.32 Å². The number of hydrogen-bond donors (Lipinski definition) is 2. The van der Waals surface area contributed by atoms with Gasteiger partial charge in [-0.1, -0.05) is 29.8 Å². The van der Waals surface area contributed by atoms with Gasteiger partial charge >= 0.3 is 0 Å². The molecule has 1 unspecified atom stereocenters. The van der Waals surface area contributed by atoms with Crippen LogP contribution in [0.1, 0.15) is 5.56 Å². The summed E-state index contributed by atoms with van der Waals surface area (Å²) in [6, 6.07) is 7.96. The first-order chi connectivity index (χ1) is 6.75. The van der Waals surface area contributed by atoms with Gasteiger partial charge in [-0.3, -0.25) is 0 Å². The highest BCUT2D eigenvalue weighted by molar-refractivity contribution is 6.30. The van der Waals surface area contributed by atoms with Crippen molar-refractivity contribution in [2.75, 3.05) is 13.1 Å². The van der Waals surface area contributed by atoms with E-state index in [9.17, 15) is 0 Å². The summed E-state index contributed by atoms with van der Waals surface area (Å²) in [6.07, 6.45) is 2.10. The predicted octanol–water partition coefficient (Wildman–Crippen LogP) is 1.65. The van der Waals surface area contributed by atoms with Crippen LogP contribution in [0.4, 0.5) is 0 Å². The van der Waals surface area contributed by atoms with Gasteiger partial charge < -0.3 is 11.1 Å². The van der Waals surface area contributed by atoms with Gasteiger partial charge in [0.2, 0.25) is 0 Å². The molecule has 0 aliphatic carbocycles. The molecule has 0 saturated heterocycles. The molecule has 0 amide bonds. The van der Waals surface area contributed by atoms with Gasteiger partial charge in [-0.25, -0.2) is 0 Å². The van der Waals surface area contributed by atoms with Crippen molar-refractivity contribution in [3.05, 3.63) is 40.9 Å². The van der Waals surface area contributed by atoms with E-state index in [4.69, 9.17) is 17.3 Å². The third kappa shape index (κ3) is 2.15. The van der Waals surface area contributed by atoms with Crippen LogP contribution in [0, 0.1) is 0 Å². The zero-order valence-electron chi connectivity index (χ0n) is 7.83. The number of rotatable bonds is 1. The van der Waals surface area contributed by atoms with Gasteiger partial charge in [0, 0.05) is 24.2 Å². The van der Waals surface area contributed by atoms with Crippen molar-refractivity contribution in [2.24, 2.45) is 5.73 Å². The zero-order chi connectivity index (χ0) is 9.97. The maximum atomic E-state index is 5.92. The largest absolute Gasteiger partial charge is 0.323 e. The van der Waals surface area contributed by atoms with E-state index in [1.54, 1.807) is 0 Å². The van der Waals surface area contributed by atoms with E-state index in [-0.39, 0.29) is 6.04 Å². The molecule has 0 bridgehead atoms. The van der Waals surface area contributed by atoms with Crippen molar-refractivity contribution in [2.45, 2.75) is 6.04 Å². The molecule has 1 atom stereocenters. The summed E-state index contributed by atoms with van der Waals surface area (Å²) < 4.78 is 0. The van der Waals surface area contributed by atoms with E-state index in [1.165, 1.54) is 5.57 Å². The fourth-order valence-electron chi connectivity index (χ4n) is 1.64. The summed E-state index contributed by atoms with van der Waals surface area (Å²) in [7, 11) is 0. The quantitative estimate of drug-likeness (QED) is 0.737. The first-order valence-corrected chi connectivity index (χ1v) is 5.06. The van der Waals surface area contributed by atoms with Crippen LogP contribution in [0.5, 0.6) is 0 Å². The minimum absolute atomic E-state index is 0.109. The van der Waals surface area contributed by atoms with Crippen LogP contribution in [-0.2, 0) is 0 Å². The Kier molecular flexibility index (Phi) is 2.87. The molecule has 1 aliphatic heterocycles.